The monoisotopic (exact) mass is 522 g/mol. The minimum atomic E-state index is -4.49. The molecule has 3 unspecified atom stereocenters. The number of carbonyl (C=O) groups excluding carboxylic acids is 1. The molecule has 1 amide bonds. The zero-order valence-electron chi connectivity index (χ0n) is 21.8. The van der Waals surface area contributed by atoms with E-state index in [2.05, 4.69) is 10.4 Å². The number of carbonyl (C=O) groups is 1. The van der Waals surface area contributed by atoms with E-state index in [0.717, 1.165) is 10.3 Å². The van der Waals surface area contributed by atoms with Crippen LogP contribution in [0.5, 0.6) is 11.5 Å². The molecule has 0 aliphatic carbocycles. The lowest BCUT2D eigenvalue weighted by molar-refractivity contribution is -0.173. The SMILES string of the molecule is COc1ccc(C2CC(C(F)(F)F)n3nc(C4=CC(C)N(C(=O)OC(C)(C)C)CC4)cc3N2)cc1OC. The molecule has 1 aromatic heterocycles. The van der Waals surface area contributed by atoms with Gasteiger partial charge in [-0.3, -0.25) is 0 Å². The molecule has 3 heterocycles. The van der Waals surface area contributed by atoms with Crippen LogP contribution in [0.15, 0.2) is 30.3 Å². The topological polar surface area (TPSA) is 77.9 Å². The summed E-state index contributed by atoms with van der Waals surface area (Å²) in [4.78, 5) is 14.1. The van der Waals surface area contributed by atoms with Gasteiger partial charge in [-0.25, -0.2) is 9.48 Å². The van der Waals surface area contributed by atoms with E-state index in [-0.39, 0.29) is 18.3 Å². The number of rotatable bonds is 4. The Kier molecular flexibility index (Phi) is 7.09. The molecule has 3 atom stereocenters. The maximum absolute atomic E-state index is 14.2. The summed E-state index contributed by atoms with van der Waals surface area (Å²) in [5.41, 5.74) is 1.28. The molecule has 0 saturated heterocycles. The van der Waals surface area contributed by atoms with Gasteiger partial charge in [-0.05, 0) is 57.4 Å². The van der Waals surface area contributed by atoms with Crippen molar-refractivity contribution < 1.29 is 32.2 Å². The van der Waals surface area contributed by atoms with E-state index in [9.17, 15) is 18.0 Å². The second kappa shape index (κ2) is 9.83. The van der Waals surface area contributed by atoms with E-state index in [0.29, 0.717) is 35.7 Å². The average Bonchev–Trinajstić information content (AvgIpc) is 3.25. The number of hydrogen-bond acceptors (Lipinski definition) is 6. The highest BCUT2D eigenvalue weighted by atomic mass is 19.4. The Hall–Kier alpha value is -3.37. The fourth-order valence-electron chi connectivity index (χ4n) is 4.72. The molecule has 11 heteroatoms. The maximum atomic E-state index is 14.2. The summed E-state index contributed by atoms with van der Waals surface area (Å²) in [5.74, 6) is 1.23. The predicted octanol–water partition coefficient (Wildman–Crippen LogP) is 5.97. The number of benzene rings is 1. The molecule has 1 N–H and O–H groups in total. The molecule has 0 spiro atoms. The summed E-state index contributed by atoms with van der Waals surface area (Å²) in [7, 11) is 2.99. The quantitative estimate of drug-likeness (QED) is 0.533. The lowest BCUT2D eigenvalue weighted by Crippen LogP contribution is -2.43. The van der Waals surface area contributed by atoms with Crippen LogP contribution in [0.4, 0.5) is 23.8 Å². The number of alkyl halides is 3. The van der Waals surface area contributed by atoms with Crippen LogP contribution < -0.4 is 14.8 Å². The van der Waals surface area contributed by atoms with Crippen LogP contribution in [0, 0.1) is 0 Å². The maximum Gasteiger partial charge on any atom is 0.410 e. The van der Waals surface area contributed by atoms with Crippen molar-refractivity contribution >= 4 is 17.5 Å². The summed E-state index contributed by atoms with van der Waals surface area (Å²) in [5, 5.41) is 7.58. The van der Waals surface area contributed by atoms with E-state index >= 15 is 0 Å². The molecular formula is C26H33F3N4O4. The van der Waals surface area contributed by atoms with Gasteiger partial charge in [-0.2, -0.15) is 18.3 Å². The van der Waals surface area contributed by atoms with E-state index < -0.39 is 30.0 Å². The lowest BCUT2D eigenvalue weighted by Gasteiger charge is -2.34. The third kappa shape index (κ3) is 5.65. The van der Waals surface area contributed by atoms with Crippen molar-refractivity contribution in [1.82, 2.24) is 14.7 Å². The molecule has 0 saturated carbocycles. The minimum absolute atomic E-state index is 0.227. The van der Waals surface area contributed by atoms with Gasteiger partial charge in [0.05, 0.1) is 32.0 Å². The molecule has 2 aliphatic rings. The molecule has 202 valence electrons. The largest absolute Gasteiger partial charge is 0.493 e. The zero-order chi connectivity index (χ0) is 27.1. The van der Waals surface area contributed by atoms with Crippen LogP contribution in [0.1, 0.15) is 63.9 Å². The third-order valence-corrected chi connectivity index (χ3v) is 6.51. The first kappa shape index (κ1) is 26.7. The number of nitrogens with zero attached hydrogens (tertiary/aromatic N) is 3. The third-order valence-electron chi connectivity index (χ3n) is 6.51. The Morgan fingerprint density at radius 3 is 2.41 bits per heavy atom. The van der Waals surface area contributed by atoms with Gasteiger partial charge in [0.15, 0.2) is 17.5 Å². The molecule has 37 heavy (non-hydrogen) atoms. The van der Waals surface area contributed by atoms with Gasteiger partial charge in [0.25, 0.3) is 0 Å². The van der Waals surface area contributed by atoms with Crippen molar-refractivity contribution in [1.29, 1.82) is 0 Å². The lowest BCUT2D eigenvalue weighted by atomic mass is 9.96. The van der Waals surface area contributed by atoms with Crippen molar-refractivity contribution in [3.05, 3.63) is 41.6 Å². The summed E-state index contributed by atoms with van der Waals surface area (Å²) in [6, 6.07) is 4.06. The van der Waals surface area contributed by atoms with Crippen LogP contribution in [0.25, 0.3) is 5.57 Å². The van der Waals surface area contributed by atoms with E-state index in [1.165, 1.54) is 14.2 Å². The average molecular weight is 523 g/mol. The highest BCUT2D eigenvalue weighted by Crippen LogP contribution is 2.45. The van der Waals surface area contributed by atoms with Gasteiger partial charge in [0.1, 0.15) is 11.4 Å². The first-order valence-electron chi connectivity index (χ1n) is 12.2. The van der Waals surface area contributed by atoms with Crippen LogP contribution in [-0.2, 0) is 4.74 Å². The molecule has 8 nitrogen and oxygen atoms in total. The van der Waals surface area contributed by atoms with Crippen LogP contribution in [-0.4, -0.2) is 59.4 Å². The number of methoxy groups -OCH3 is 2. The van der Waals surface area contributed by atoms with Gasteiger partial charge in [-0.15, -0.1) is 0 Å². The Bertz CT molecular complexity index is 1190. The number of ether oxygens (including phenoxy) is 3. The Labute approximate surface area is 214 Å². The van der Waals surface area contributed by atoms with Crippen molar-refractivity contribution in [3.63, 3.8) is 0 Å². The van der Waals surface area contributed by atoms with E-state index in [1.807, 2.05) is 13.0 Å². The Morgan fingerprint density at radius 1 is 1.11 bits per heavy atom. The normalized spacial score (nSPS) is 22.0. The predicted molar refractivity (Wildman–Crippen MR) is 133 cm³/mol. The number of fused-ring (bicyclic) bond motifs is 1. The van der Waals surface area contributed by atoms with Crippen molar-refractivity contribution in [3.8, 4) is 11.5 Å². The second-order valence-electron chi connectivity index (χ2n) is 10.3. The zero-order valence-corrected chi connectivity index (χ0v) is 21.8. The number of nitrogens with one attached hydrogen (secondary N) is 1. The highest BCUT2D eigenvalue weighted by Gasteiger charge is 2.47. The molecule has 0 radical (unpaired) electrons. The Balaban J connectivity index is 1.62. The number of amides is 1. The molecule has 4 rings (SSSR count). The molecule has 2 aromatic rings. The van der Waals surface area contributed by atoms with Crippen molar-refractivity contribution in [2.75, 3.05) is 26.1 Å². The standard InChI is InChI=1S/C26H33F3N4O4/c1-15-11-17(9-10-32(15)24(34)37-25(2,3)4)19-14-23-30-18(13-22(26(27,28)29)33(23)31-19)16-7-8-20(35-5)21(12-16)36-6/h7-8,11-12,14-15,18,22,30H,9-10,13H2,1-6H3. The van der Waals surface area contributed by atoms with Crippen molar-refractivity contribution in [2.24, 2.45) is 0 Å². The number of aromatic nitrogens is 2. The summed E-state index contributed by atoms with van der Waals surface area (Å²) in [6.45, 7) is 7.64. The van der Waals surface area contributed by atoms with Crippen LogP contribution >= 0.6 is 0 Å². The highest BCUT2D eigenvalue weighted by molar-refractivity contribution is 5.73. The molecule has 0 bridgehead atoms. The van der Waals surface area contributed by atoms with Gasteiger partial charge < -0.3 is 24.4 Å². The van der Waals surface area contributed by atoms with Gasteiger partial charge in [0, 0.05) is 19.0 Å². The minimum Gasteiger partial charge on any atom is -0.493 e. The van der Waals surface area contributed by atoms with Crippen LogP contribution in [0.2, 0.25) is 0 Å². The fraction of sp³-hybridized carbons (Fsp3) is 0.538. The number of halogens is 3. The van der Waals surface area contributed by atoms with E-state index in [1.54, 1.807) is 49.9 Å². The first-order valence-corrected chi connectivity index (χ1v) is 12.2. The molecular weight excluding hydrogens is 489 g/mol. The van der Waals surface area contributed by atoms with Crippen LogP contribution in [0.3, 0.4) is 0 Å². The number of anilines is 1. The summed E-state index contributed by atoms with van der Waals surface area (Å²) >= 11 is 0. The van der Waals surface area contributed by atoms with Gasteiger partial charge >= 0.3 is 12.3 Å². The molecule has 1 aromatic carbocycles. The second-order valence-corrected chi connectivity index (χ2v) is 10.3. The molecule has 2 aliphatic heterocycles. The summed E-state index contributed by atoms with van der Waals surface area (Å²) in [6.07, 6.45) is -2.83. The fourth-order valence-corrected chi connectivity index (χ4v) is 4.72. The molecule has 0 fully saturated rings. The van der Waals surface area contributed by atoms with E-state index in [4.69, 9.17) is 14.2 Å². The Morgan fingerprint density at radius 2 is 1.81 bits per heavy atom. The first-order chi connectivity index (χ1) is 17.3. The van der Waals surface area contributed by atoms with Gasteiger partial charge in [0.2, 0.25) is 0 Å². The number of hydrogen-bond donors (Lipinski definition) is 1. The van der Waals surface area contributed by atoms with Gasteiger partial charge in [-0.1, -0.05) is 12.1 Å². The smallest absolute Gasteiger partial charge is 0.410 e. The van der Waals surface area contributed by atoms with Crippen molar-refractivity contribution in [2.45, 2.75) is 70.4 Å². The summed E-state index contributed by atoms with van der Waals surface area (Å²) < 4.78 is 59.6.